The number of hydrogen-bond donors (Lipinski definition) is 1. The molecule has 1 saturated heterocycles. The topological polar surface area (TPSA) is 50.2 Å². The number of rotatable bonds is 3. The Morgan fingerprint density at radius 2 is 2.38 bits per heavy atom. The highest BCUT2D eigenvalue weighted by atomic mass is 32.2. The van der Waals surface area contributed by atoms with E-state index in [0.717, 1.165) is 5.01 Å². The van der Waals surface area contributed by atoms with Gasteiger partial charge in [-0.3, -0.25) is 4.79 Å². The van der Waals surface area contributed by atoms with Crippen molar-refractivity contribution < 1.29 is 9.90 Å². The van der Waals surface area contributed by atoms with E-state index in [9.17, 15) is 4.79 Å². The summed E-state index contributed by atoms with van der Waals surface area (Å²) in [6.07, 6.45) is 2.41. The molecule has 0 amide bonds. The molecule has 1 atom stereocenters. The van der Waals surface area contributed by atoms with Crippen molar-refractivity contribution in [2.75, 3.05) is 5.75 Å². The SMILES string of the molecule is CC(C)(C(=O)O)c1csc(C2CCCS2)n1. The fourth-order valence-electron chi connectivity index (χ4n) is 1.60. The number of carboxylic acids is 1. The number of aliphatic carboxylic acids is 1. The fraction of sp³-hybridized carbons (Fsp3) is 0.636. The minimum atomic E-state index is -0.877. The molecule has 0 bridgehead atoms. The van der Waals surface area contributed by atoms with Gasteiger partial charge in [-0.2, -0.15) is 11.8 Å². The summed E-state index contributed by atoms with van der Waals surface area (Å²) in [6, 6.07) is 0. The van der Waals surface area contributed by atoms with Gasteiger partial charge in [0.2, 0.25) is 0 Å². The van der Waals surface area contributed by atoms with Gasteiger partial charge in [0.25, 0.3) is 0 Å². The molecule has 1 fully saturated rings. The Morgan fingerprint density at radius 1 is 1.62 bits per heavy atom. The maximum absolute atomic E-state index is 11.1. The van der Waals surface area contributed by atoms with Crippen molar-refractivity contribution in [1.82, 2.24) is 4.98 Å². The Kier molecular flexibility index (Phi) is 3.26. The van der Waals surface area contributed by atoms with E-state index in [1.54, 1.807) is 25.2 Å². The van der Waals surface area contributed by atoms with Crippen LogP contribution in [0.25, 0.3) is 0 Å². The first-order chi connectivity index (χ1) is 7.51. The van der Waals surface area contributed by atoms with E-state index in [0.29, 0.717) is 10.9 Å². The minimum Gasteiger partial charge on any atom is -0.481 e. The average molecular weight is 257 g/mol. The lowest BCUT2D eigenvalue weighted by molar-refractivity contribution is -0.142. The first kappa shape index (κ1) is 11.9. The van der Waals surface area contributed by atoms with E-state index in [2.05, 4.69) is 4.98 Å². The van der Waals surface area contributed by atoms with E-state index in [-0.39, 0.29) is 0 Å². The smallest absolute Gasteiger partial charge is 0.315 e. The summed E-state index contributed by atoms with van der Waals surface area (Å²) in [5.41, 5.74) is -0.189. The largest absolute Gasteiger partial charge is 0.481 e. The van der Waals surface area contributed by atoms with Gasteiger partial charge in [0.1, 0.15) is 10.4 Å². The summed E-state index contributed by atoms with van der Waals surface area (Å²) in [6.45, 7) is 3.41. The van der Waals surface area contributed by atoms with Crippen LogP contribution in [0.5, 0.6) is 0 Å². The molecule has 0 saturated carbocycles. The van der Waals surface area contributed by atoms with Crippen molar-refractivity contribution in [3.8, 4) is 0 Å². The minimum absolute atomic E-state index is 0.489. The van der Waals surface area contributed by atoms with Crippen molar-refractivity contribution in [2.45, 2.75) is 37.4 Å². The second-order valence-electron chi connectivity index (χ2n) is 4.50. The summed E-state index contributed by atoms with van der Waals surface area (Å²) >= 11 is 3.52. The summed E-state index contributed by atoms with van der Waals surface area (Å²) in [4.78, 5) is 15.6. The summed E-state index contributed by atoms with van der Waals surface area (Å²) < 4.78 is 0. The molecule has 2 heterocycles. The summed E-state index contributed by atoms with van der Waals surface area (Å²) in [5, 5.41) is 12.6. The van der Waals surface area contributed by atoms with E-state index in [1.165, 1.54) is 18.6 Å². The van der Waals surface area contributed by atoms with Crippen LogP contribution in [0.4, 0.5) is 0 Å². The first-order valence-electron chi connectivity index (χ1n) is 5.32. The number of thiazole rings is 1. The molecule has 1 aliphatic heterocycles. The predicted octanol–water partition coefficient (Wildman–Crippen LogP) is 3.07. The number of aromatic nitrogens is 1. The maximum atomic E-state index is 11.1. The Hall–Kier alpha value is -0.550. The lowest BCUT2D eigenvalue weighted by atomic mass is 9.90. The van der Waals surface area contributed by atoms with E-state index in [4.69, 9.17) is 5.11 Å². The molecular formula is C11H15NO2S2. The summed E-state index contributed by atoms with van der Waals surface area (Å²) in [7, 11) is 0. The molecule has 0 aliphatic carbocycles. The second-order valence-corrected chi connectivity index (χ2v) is 6.70. The van der Waals surface area contributed by atoms with Gasteiger partial charge < -0.3 is 5.11 Å². The third-order valence-corrected chi connectivity index (χ3v) is 5.40. The molecule has 1 unspecified atom stereocenters. The van der Waals surface area contributed by atoms with Crippen LogP contribution in [0.2, 0.25) is 0 Å². The Labute approximate surface area is 103 Å². The second kappa shape index (κ2) is 4.37. The average Bonchev–Trinajstić information content (AvgIpc) is 2.88. The molecule has 1 aromatic rings. The number of carboxylic acid groups (broad SMARTS) is 1. The van der Waals surface area contributed by atoms with Crippen molar-refractivity contribution in [1.29, 1.82) is 0 Å². The molecule has 0 spiro atoms. The number of nitrogens with zero attached hydrogens (tertiary/aromatic N) is 1. The molecule has 2 rings (SSSR count). The van der Waals surface area contributed by atoms with Crippen LogP contribution in [0, 0.1) is 0 Å². The number of carbonyl (C=O) groups is 1. The molecule has 16 heavy (non-hydrogen) atoms. The van der Waals surface area contributed by atoms with Crippen LogP contribution in [0.3, 0.4) is 0 Å². The van der Waals surface area contributed by atoms with Gasteiger partial charge in [-0.1, -0.05) is 0 Å². The lowest BCUT2D eigenvalue weighted by Crippen LogP contribution is -2.28. The van der Waals surface area contributed by atoms with Gasteiger partial charge in [-0.15, -0.1) is 11.3 Å². The van der Waals surface area contributed by atoms with Crippen molar-refractivity contribution in [2.24, 2.45) is 0 Å². The van der Waals surface area contributed by atoms with Gasteiger partial charge in [-0.25, -0.2) is 4.98 Å². The first-order valence-corrected chi connectivity index (χ1v) is 7.25. The molecule has 5 heteroatoms. The van der Waals surface area contributed by atoms with Crippen LogP contribution in [-0.4, -0.2) is 21.8 Å². The molecule has 1 aliphatic rings. The van der Waals surface area contributed by atoms with Crippen LogP contribution in [0.15, 0.2) is 5.38 Å². The zero-order chi connectivity index (χ0) is 11.8. The third kappa shape index (κ3) is 2.11. The van der Waals surface area contributed by atoms with Crippen molar-refractivity contribution in [3.63, 3.8) is 0 Å². The Morgan fingerprint density at radius 3 is 2.94 bits per heavy atom. The number of thioether (sulfide) groups is 1. The van der Waals surface area contributed by atoms with Crippen LogP contribution < -0.4 is 0 Å². The maximum Gasteiger partial charge on any atom is 0.315 e. The van der Waals surface area contributed by atoms with E-state index >= 15 is 0 Å². The highest BCUT2D eigenvalue weighted by molar-refractivity contribution is 7.99. The van der Waals surface area contributed by atoms with Crippen molar-refractivity contribution >= 4 is 29.1 Å². The van der Waals surface area contributed by atoms with Crippen LogP contribution >= 0.6 is 23.1 Å². The molecule has 3 nitrogen and oxygen atoms in total. The third-order valence-electron chi connectivity index (χ3n) is 2.90. The van der Waals surface area contributed by atoms with Gasteiger partial charge in [0.05, 0.1) is 10.9 Å². The van der Waals surface area contributed by atoms with Gasteiger partial charge in [-0.05, 0) is 32.4 Å². The standard InChI is InChI=1S/C11H15NO2S2/c1-11(2,10(13)14)8-6-16-9(12-8)7-4-3-5-15-7/h6-7H,3-5H2,1-2H3,(H,13,14). The quantitative estimate of drug-likeness (QED) is 0.904. The predicted molar refractivity (Wildman–Crippen MR) is 67.2 cm³/mol. The molecule has 1 N–H and O–H groups in total. The monoisotopic (exact) mass is 257 g/mol. The zero-order valence-electron chi connectivity index (χ0n) is 9.40. The fourth-order valence-corrected chi connectivity index (χ4v) is 4.12. The number of hydrogen-bond acceptors (Lipinski definition) is 4. The normalized spacial score (nSPS) is 21.2. The highest BCUT2D eigenvalue weighted by Crippen LogP contribution is 2.41. The Bertz CT molecular complexity index is 394. The van der Waals surface area contributed by atoms with Gasteiger partial charge in [0.15, 0.2) is 0 Å². The summed E-state index contributed by atoms with van der Waals surface area (Å²) in [5.74, 6) is 0.380. The molecular weight excluding hydrogens is 242 g/mol. The van der Waals surface area contributed by atoms with Crippen LogP contribution in [0.1, 0.15) is 42.6 Å². The molecule has 0 radical (unpaired) electrons. The lowest BCUT2D eigenvalue weighted by Gasteiger charge is -2.15. The van der Waals surface area contributed by atoms with Gasteiger partial charge >= 0.3 is 5.97 Å². The van der Waals surface area contributed by atoms with Gasteiger partial charge in [0, 0.05) is 5.38 Å². The van der Waals surface area contributed by atoms with Crippen molar-refractivity contribution in [3.05, 3.63) is 16.1 Å². The molecule has 0 aromatic carbocycles. The zero-order valence-corrected chi connectivity index (χ0v) is 11.0. The molecule has 88 valence electrons. The van der Waals surface area contributed by atoms with Crippen LogP contribution in [-0.2, 0) is 10.2 Å². The van der Waals surface area contributed by atoms with E-state index < -0.39 is 11.4 Å². The highest BCUT2D eigenvalue weighted by Gasteiger charge is 2.33. The Balaban J connectivity index is 2.21. The van der Waals surface area contributed by atoms with E-state index in [1.807, 2.05) is 17.1 Å². The molecule has 1 aromatic heterocycles.